The van der Waals surface area contributed by atoms with E-state index in [9.17, 15) is 0 Å². The summed E-state index contributed by atoms with van der Waals surface area (Å²) >= 11 is 0. The maximum atomic E-state index is 9.07. The summed E-state index contributed by atoms with van der Waals surface area (Å²) in [6, 6.07) is 0.243. The molecule has 2 saturated carbocycles. The van der Waals surface area contributed by atoms with Gasteiger partial charge in [0.1, 0.15) is 0 Å². The Morgan fingerprint density at radius 2 is 2.06 bits per heavy atom. The van der Waals surface area contributed by atoms with E-state index in [-0.39, 0.29) is 19.3 Å². The molecule has 0 amide bonds. The second kappa shape index (κ2) is 5.00. The molecule has 0 aromatic heterocycles. The van der Waals surface area contributed by atoms with Gasteiger partial charge in [-0.15, -0.1) is 0 Å². The van der Waals surface area contributed by atoms with Crippen molar-refractivity contribution in [2.45, 2.75) is 50.8 Å². The normalized spacial score (nSPS) is 31.5. The van der Waals surface area contributed by atoms with E-state index in [1.165, 1.54) is 19.3 Å². The fraction of sp³-hybridized carbons (Fsp3) is 1.00. The quantitative estimate of drug-likeness (QED) is 0.612. The van der Waals surface area contributed by atoms with Gasteiger partial charge in [-0.1, -0.05) is 6.42 Å². The third-order valence-corrected chi connectivity index (χ3v) is 4.31. The van der Waals surface area contributed by atoms with Crippen molar-refractivity contribution in [3.05, 3.63) is 0 Å². The zero-order valence-corrected chi connectivity index (χ0v) is 9.98. The van der Waals surface area contributed by atoms with Crippen LogP contribution in [0.1, 0.15) is 32.6 Å². The highest BCUT2D eigenvalue weighted by atomic mass is 16.5. The average molecular weight is 229 g/mol. The summed E-state index contributed by atoms with van der Waals surface area (Å²) in [5.74, 6) is 0. The van der Waals surface area contributed by atoms with Gasteiger partial charge in [0.2, 0.25) is 0 Å². The minimum atomic E-state index is -0.176. The van der Waals surface area contributed by atoms with Gasteiger partial charge in [-0.25, -0.2) is 0 Å². The van der Waals surface area contributed by atoms with Gasteiger partial charge >= 0.3 is 0 Å². The minimum Gasteiger partial charge on any atom is -0.395 e. The molecule has 0 aromatic carbocycles. The van der Waals surface area contributed by atoms with Crippen LogP contribution >= 0.6 is 0 Å². The second-order valence-corrected chi connectivity index (χ2v) is 5.05. The summed E-state index contributed by atoms with van der Waals surface area (Å²) in [5, 5.41) is 21.5. The maximum Gasteiger partial charge on any atom is 0.0661 e. The van der Waals surface area contributed by atoms with Crippen LogP contribution in [0.4, 0.5) is 0 Å². The van der Waals surface area contributed by atoms with Crippen LogP contribution in [0.25, 0.3) is 0 Å². The molecular weight excluding hydrogens is 206 g/mol. The van der Waals surface area contributed by atoms with Gasteiger partial charge in [-0.3, -0.25) is 0 Å². The Morgan fingerprint density at radius 3 is 2.50 bits per heavy atom. The molecule has 2 aliphatic carbocycles. The Labute approximate surface area is 97.0 Å². The predicted octanol–water partition coefficient (Wildman–Crippen LogP) is 0.277. The number of aliphatic hydroxyl groups excluding tert-OH is 2. The molecule has 0 heterocycles. The minimum absolute atomic E-state index is 0.00236. The molecule has 16 heavy (non-hydrogen) atoms. The summed E-state index contributed by atoms with van der Waals surface area (Å²) in [6.45, 7) is 2.82. The Balaban J connectivity index is 1.88. The molecule has 2 aliphatic rings. The van der Waals surface area contributed by atoms with Gasteiger partial charge in [0.15, 0.2) is 0 Å². The number of hydrogen-bond donors (Lipinski definition) is 3. The van der Waals surface area contributed by atoms with Crippen molar-refractivity contribution in [3.63, 3.8) is 0 Å². The SMILES string of the molecule is CCOC1CC(NC(CO)CO)C12CCC2. The van der Waals surface area contributed by atoms with Crippen LogP contribution in [0.15, 0.2) is 0 Å². The number of ether oxygens (including phenoxy) is 1. The Morgan fingerprint density at radius 1 is 1.38 bits per heavy atom. The van der Waals surface area contributed by atoms with Gasteiger partial charge in [0.25, 0.3) is 0 Å². The third-order valence-electron chi connectivity index (χ3n) is 4.31. The molecular formula is C12H23NO3. The molecule has 2 fully saturated rings. The maximum absolute atomic E-state index is 9.07. The topological polar surface area (TPSA) is 61.7 Å². The monoisotopic (exact) mass is 229 g/mol. The summed E-state index contributed by atoms with van der Waals surface area (Å²) in [4.78, 5) is 0. The highest BCUT2D eigenvalue weighted by molar-refractivity contribution is 5.12. The Hall–Kier alpha value is -0.160. The molecule has 2 rings (SSSR count). The first-order valence-electron chi connectivity index (χ1n) is 6.36. The zero-order valence-electron chi connectivity index (χ0n) is 9.98. The summed E-state index contributed by atoms with van der Waals surface area (Å²) in [5.41, 5.74) is 0.304. The van der Waals surface area contributed by atoms with Crippen LogP contribution in [-0.4, -0.2) is 48.2 Å². The van der Waals surface area contributed by atoms with Crippen LogP contribution in [0, 0.1) is 5.41 Å². The lowest BCUT2D eigenvalue weighted by atomic mass is 9.51. The molecule has 0 aromatic rings. The van der Waals surface area contributed by atoms with Crippen LogP contribution in [0.5, 0.6) is 0 Å². The average Bonchev–Trinajstić information content (AvgIpc) is 2.20. The lowest BCUT2D eigenvalue weighted by molar-refractivity contribution is -0.176. The van der Waals surface area contributed by atoms with Gasteiger partial charge in [-0.05, 0) is 26.2 Å². The van der Waals surface area contributed by atoms with Gasteiger partial charge in [0, 0.05) is 18.1 Å². The third kappa shape index (κ3) is 1.88. The number of nitrogens with one attached hydrogen (secondary N) is 1. The van der Waals surface area contributed by atoms with Crippen molar-refractivity contribution in [1.29, 1.82) is 0 Å². The summed E-state index contributed by atoms with van der Waals surface area (Å²) in [6.07, 6.45) is 5.13. The van der Waals surface area contributed by atoms with E-state index in [0.29, 0.717) is 17.6 Å². The van der Waals surface area contributed by atoms with E-state index >= 15 is 0 Å². The molecule has 0 radical (unpaired) electrons. The standard InChI is InChI=1S/C12H23NO3/c1-2-16-11-6-10(12(11)4-3-5-12)13-9(7-14)8-15/h9-11,13-15H,2-8H2,1H3. The Kier molecular flexibility index (Phi) is 3.85. The van der Waals surface area contributed by atoms with Crippen molar-refractivity contribution in [1.82, 2.24) is 5.32 Å². The first-order chi connectivity index (χ1) is 7.76. The van der Waals surface area contributed by atoms with E-state index in [2.05, 4.69) is 5.32 Å². The van der Waals surface area contributed by atoms with Gasteiger partial charge in [-0.2, -0.15) is 0 Å². The molecule has 94 valence electrons. The molecule has 0 bridgehead atoms. The van der Waals surface area contributed by atoms with Crippen molar-refractivity contribution in [2.24, 2.45) is 5.41 Å². The van der Waals surface area contributed by atoms with E-state index in [0.717, 1.165) is 13.0 Å². The highest BCUT2D eigenvalue weighted by Crippen LogP contribution is 2.57. The first-order valence-corrected chi connectivity index (χ1v) is 6.36. The molecule has 3 N–H and O–H groups in total. The number of hydrogen-bond acceptors (Lipinski definition) is 4. The van der Waals surface area contributed by atoms with Crippen molar-refractivity contribution < 1.29 is 14.9 Å². The van der Waals surface area contributed by atoms with Crippen LogP contribution in [0.2, 0.25) is 0 Å². The Bertz CT molecular complexity index is 226. The van der Waals surface area contributed by atoms with E-state index < -0.39 is 0 Å². The molecule has 1 spiro atoms. The molecule has 2 unspecified atom stereocenters. The van der Waals surface area contributed by atoms with Gasteiger partial charge in [0.05, 0.1) is 25.4 Å². The number of aliphatic hydroxyl groups is 2. The van der Waals surface area contributed by atoms with Crippen molar-refractivity contribution >= 4 is 0 Å². The molecule has 2 atom stereocenters. The van der Waals surface area contributed by atoms with Crippen molar-refractivity contribution in [2.75, 3.05) is 19.8 Å². The van der Waals surface area contributed by atoms with Crippen LogP contribution in [-0.2, 0) is 4.74 Å². The van der Waals surface area contributed by atoms with Gasteiger partial charge < -0.3 is 20.3 Å². The van der Waals surface area contributed by atoms with E-state index in [4.69, 9.17) is 14.9 Å². The smallest absolute Gasteiger partial charge is 0.0661 e. The molecule has 4 nitrogen and oxygen atoms in total. The largest absolute Gasteiger partial charge is 0.395 e. The van der Waals surface area contributed by atoms with E-state index in [1.807, 2.05) is 6.92 Å². The highest BCUT2D eigenvalue weighted by Gasteiger charge is 2.58. The fourth-order valence-corrected chi connectivity index (χ4v) is 3.12. The number of rotatable bonds is 6. The van der Waals surface area contributed by atoms with Crippen LogP contribution in [0.3, 0.4) is 0 Å². The van der Waals surface area contributed by atoms with Crippen LogP contribution < -0.4 is 5.32 Å². The lowest BCUT2D eigenvalue weighted by Gasteiger charge is -2.61. The van der Waals surface area contributed by atoms with Crippen molar-refractivity contribution in [3.8, 4) is 0 Å². The zero-order chi connectivity index (χ0) is 11.6. The molecule has 0 saturated heterocycles. The summed E-state index contributed by atoms with van der Waals surface area (Å²) in [7, 11) is 0. The second-order valence-electron chi connectivity index (χ2n) is 5.05. The lowest BCUT2D eigenvalue weighted by Crippen LogP contribution is -2.68. The first kappa shape index (κ1) is 12.3. The summed E-state index contributed by atoms with van der Waals surface area (Å²) < 4.78 is 5.75. The van der Waals surface area contributed by atoms with E-state index in [1.54, 1.807) is 0 Å². The molecule has 0 aliphatic heterocycles. The predicted molar refractivity (Wildman–Crippen MR) is 61.2 cm³/mol. The fourth-order valence-electron chi connectivity index (χ4n) is 3.12. The molecule has 4 heteroatoms.